The maximum absolute atomic E-state index is 10.7. The monoisotopic (exact) mass is 286 g/mol. The molecule has 0 unspecified atom stereocenters. The van der Waals surface area contributed by atoms with Gasteiger partial charge in [0, 0.05) is 26.3 Å². The van der Waals surface area contributed by atoms with Gasteiger partial charge in [0.2, 0.25) is 0 Å². The van der Waals surface area contributed by atoms with Crippen LogP contribution in [0.15, 0.2) is 18.2 Å². The Morgan fingerprint density at radius 2 is 2.16 bits per heavy atom. The van der Waals surface area contributed by atoms with Crippen molar-refractivity contribution >= 4 is 17.3 Å². The minimum absolute atomic E-state index is 0.0407. The first-order valence-electron chi connectivity index (χ1n) is 6.27. The summed E-state index contributed by atoms with van der Waals surface area (Å²) in [7, 11) is 1.70. The molecule has 1 aromatic carbocycles. The lowest BCUT2D eigenvalue weighted by Gasteiger charge is -2.05. The Labute approximate surface area is 118 Å². The third-order valence-electron chi connectivity index (χ3n) is 2.74. The van der Waals surface area contributed by atoms with E-state index in [-0.39, 0.29) is 10.7 Å². The molecule has 0 aliphatic rings. The zero-order valence-electron chi connectivity index (χ0n) is 11.0. The minimum atomic E-state index is -0.462. The molecular weight excluding hydrogens is 268 g/mol. The normalized spacial score (nSPS) is 10.6. The van der Waals surface area contributed by atoms with Crippen molar-refractivity contribution in [3.05, 3.63) is 38.9 Å². The summed E-state index contributed by atoms with van der Waals surface area (Å²) in [5.41, 5.74) is 0.828. The van der Waals surface area contributed by atoms with E-state index in [2.05, 4.69) is 5.32 Å². The lowest BCUT2D eigenvalue weighted by Crippen LogP contribution is -2.14. The van der Waals surface area contributed by atoms with E-state index in [1.54, 1.807) is 19.2 Å². The Kier molecular flexibility index (Phi) is 7.40. The predicted molar refractivity (Wildman–Crippen MR) is 75.5 cm³/mol. The molecular formula is C13H19ClN2O3. The summed E-state index contributed by atoms with van der Waals surface area (Å²) in [4.78, 5) is 10.3. The van der Waals surface area contributed by atoms with Gasteiger partial charge in [0.05, 0.1) is 4.92 Å². The summed E-state index contributed by atoms with van der Waals surface area (Å²) in [5, 5.41) is 14.2. The van der Waals surface area contributed by atoms with Crippen LogP contribution >= 0.6 is 11.6 Å². The highest BCUT2D eigenvalue weighted by Crippen LogP contribution is 2.24. The highest BCUT2D eigenvalue weighted by Gasteiger charge is 2.12. The number of unbranched alkanes of at least 4 members (excludes halogenated alkanes) is 2. The number of nitro benzene ring substituents is 1. The van der Waals surface area contributed by atoms with Gasteiger partial charge in [-0.1, -0.05) is 17.7 Å². The molecule has 5 nitrogen and oxygen atoms in total. The lowest BCUT2D eigenvalue weighted by molar-refractivity contribution is -0.384. The highest BCUT2D eigenvalue weighted by molar-refractivity contribution is 6.32. The summed E-state index contributed by atoms with van der Waals surface area (Å²) in [6.45, 7) is 2.30. The van der Waals surface area contributed by atoms with Crippen LogP contribution in [0.2, 0.25) is 5.02 Å². The molecule has 0 saturated carbocycles. The molecule has 0 radical (unpaired) electrons. The van der Waals surface area contributed by atoms with Gasteiger partial charge in [0.1, 0.15) is 5.02 Å². The van der Waals surface area contributed by atoms with E-state index in [9.17, 15) is 10.1 Å². The first-order valence-corrected chi connectivity index (χ1v) is 6.65. The van der Waals surface area contributed by atoms with E-state index >= 15 is 0 Å². The van der Waals surface area contributed by atoms with E-state index in [0.29, 0.717) is 6.54 Å². The molecule has 0 aromatic heterocycles. The number of nitrogens with one attached hydrogen (secondary N) is 1. The Hall–Kier alpha value is -1.17. The van der Waals surface area contributed by atoms with Crippen LogP contribution in [0, 0.1) is 10.1 Å². The predicted octanol–water partition coefficient (Wildman–Crippen LogP) is 3.15. The quantitative estimate of drug-likeness (QED) is 0.430. The van der Waals surface area contributed by atoms with Crippen molar-refractivity contribution in [3.63, 3.8) is 0 Å². The van der Waals surface area contributed by atoms with Crippen molar-refractivity contribution in [2.75, 3.05) is 20.3 Å². The number of benzene rings is 1. The standard InChI is InChI=1S/C13H19ClN2O3/c1-19-8-4-2-3-7-15-10-11-5-6-12(14)13(9-11)16(17)18/h5-6,9,15H,2-4,7-8,10H2,1H3. The van der Waals surface area contributed by atoms with E-state index in [1.807, 2.05) is 0 Å². The third-order valence-corrected chi connectivity index (χ3v) is 3.06. The summed E-state index contributed by atoms with van der Waals surface area (Å²) in [6.07, 6.45) is 3.24. The molecule has 1 rings (SSSR count). The number of halogens is 1. The molecule has 19 heavy (non-hydrogen) atoms. The molecule has 0 fully saturated rings. The van der Waals surface area contributed by atoms with Crippen molar-refractivity contribution in [1.29, 1.82) is 0 Å². The van der Waals surface area contributed by atoms with Gasteiger partial charge in [-0.3, -0.25) is 10.1 Å². The van der Waals surface area contributed by atoms with Crippen molar-refractivity contribution < 1.29 is 9.66 Å². The number of nitro groups is 1. The molecule has 1 N–H and O–H groups in total. The second kappa shape index (κ2) is 8.85. The molecule has 1 aromatic rings. The van der Waals surface area contributed by atoms with E-state index in [0.717, 1.165) is 38.0 Å². The number of nitrogens with zero attached hydrogens (tertiary/aromatic N) is 1. The van der Waals surface area contributed by atoms with E-state index < -0.39 is 4.92 Å². The molecule has 0 heterocycles. The van der Waals surface area contributed by atoms with Crippen LogP contribution in [0.5, 0.6) is 0 Å². The second-order valence-corrected chi connectivity index (χ2v) is 4.68. The smallest absolute Gasteiger partial charge is 0.288 e. The van der Waals surface area contributed by atoms with Crippen molar-refractivity contribution in [2.24, 2.45) is 0 Å². The highest BCUT2D eigenvalue weighted by atomic mass is 35.5. The summed E-state index contributed by atoms with van der Waals surface area (Å²) < 4.78 is 4.97. The fraction of sp³-hybridized carbons (Fsp3) is 0.538. The number of methoxy groups -OCH3 is 1. The van der Waals surface area contributed by atoms with Crippen molar-refractivity contribution in [3.8, 4) is 0 Å². The number of hydrogen-bond acceptors (Lipinski definition) is 4. The summed E-state index contributed by atoms with van der Waals surface area (Å²) in [6, 6.07) is 4.88. The number of ether oxygens (including phenoxy) is 1. The summed E-state index contributed by atoms with van der Waals surface area (Å²) >= 11 is 5.75. The molecule has 0 bridgehead atoms. The van der Waals surface area contributed by atoms with Gasteiger partial charge >= 0.3 is 0 Å². The van der Waals surface area contributed by atoms with Gasteiger partial charge in [0.25, 0.3) is 5.69 Å². The minimum Gasteiger partial charge on any atom is -0.385 e. The summed E-state index contributed by atoms with van der Waals surface area (Å²) in [5.74, 6) is 0. The van der Waals surface area contributed by atoms with Crippen molar-refractivity contribution in [1.82, 2.24) is 5.32 Å². The first kappa shape index (κ1) is 15.9. The fourth-order valence-corrected chi connectivity index (χ4v) is 1.90. The average Bonchev–Trinajstić information content (AvgIpc) is 2.39. The number of hydrogen-bond donors (Lipinski definition) is 1. The van der Waals surface area contributed by atoms with Crippen LogP contribution in [0.4, 0.5) is 5.69 Å². The molecule has 0 aliphatic heterocycles. The molecule has 106 valence electrons. The molecule has 0 saturated heterocycles. The van der Waals surface area contributed by atoms with E-state index in [1.165, 1.54) is 6.07 Å². The molecule has 6 heteroatoms. The Morgan fingerprint density at radius 1 is 1.37 bits per heavy atom. The van der Waals surface area contributed by atoms with Gasteiger partial charge in [0.15, 0.2) is 0 Å². The van der Waals surface area contributed by atoms with Gasteiger partial charge in [-0.25, -0.2) is 0 Å². The zero-order chi connectivity index (χ0) is 14.1. The third kappa shape index (κ3) is 6.00. The molecule has 0 spiro atoms. The lowest BCUT2D eigenvalue weighted by atomic mass is 10.2. The maximum atomic E-state index is 10.7. The van der Waals surface area contributed by atoms with Crippen LogP contribution in [0.3, 0.4) is 0 Å². The zero-order valence-corrected chi connectivity index (χ0v) is 11.8. The topological polar surface area (TPSA) is 64.4 Å². The average molecular weight is 287 g/mol. The van der Waals surface area contributed by atoms with Gasteiger partial charge < -0.3 is 10.1 Å². The van der Waals surface area contributed by atoms with Gasteiger partial charge in [-0.05, 0) is 37.4 Å². The van der Waals surface area contributed by atoms with Gasteiger partial charge in [-0.15, -0.1) is 0 Å². The Morgan fingerprint density at radius 3 is 2.84 bits per heavy atom. The first-order chi connectivity index (χ1) is 9.15. The van der Waals surface area contributed by atoms with Gasteiger partial charge in [-0.2, -0.15) is 0 Å². The Bertz CT molecular complexity index is 413. The van der Waals surface area contributed by atoms with Crippen LogP contribution in [0.1, 0.15) is 24.8 Å². The largest absolute Gasteiger partial charge is 0.385 e. The molecule has 0 amide bonds. The molecule has 0 atom stereocenters. The van der Waals surface area contributed by atoms with Crippen LogP contribution in [0.25, 0.3) is 0 Å². The second-order valence-electron chi connectivity index (χ2n) is 4.27. The molecule has 0 aliphatic carbocycles. The maximum Gasteiger partial charge on any atom is 0.288 e. The van der Waals surface area contributed by atoms with Crippen LogP contribution in [-0.2, 0) is 11.3 Å². The van der Waals surface area contributed by atoms with Crippen LogP contribution < -0.4 is 5.32 Å². The SMILES string of the molecule is COCCCCCNCc1ccc(Cl)c([N+](=O)[O-])c1. The fourth-order valence-electron chi connectivity index (χ4n) is 1.71. The number of rotatable bonds is 9. The van der Waals surface area contributed by atoms with Crippen molar-refractivity contribution in [2.45, 2.75) is 25.8 Å². The van der Waals surface area contributed by atoms with E-state index in [4.69, 9.17) is 16.3 Å². The Balaban J connectivity index is 2.30. The van der Waals surface area contributed by atoms with Crippen LogP contribution in [-0.4, -0.2) is 25.2 Å².